The fourth-order valence-electron chi connectivity index (χ4n) is 1.87. The van der Waals surface area contributed by atoms with Gasteiger partial charge >= 0.3 is 0 Å². The van der Waals surface area contributed by atoms with Crippen LogP contribution in [0.1, 0.15) is 23.2 Å². The number of phenols is 2. The van der Waals surface area contributed by atoms with Gasteiger partial charge in [0, 0.05) is 6.61 Å². The third-order valence-electron chi connectivity index (χ3n) is 2.74. The molecule has 1 aliphatic rings. The highest BCUT2D eigenvalue weighted by atomic mass is 16.5. The lowest BCUT2D eigenvalue weighted by Crippen LogP contribution is -2.40. The van der Waals surface area contributed by atoms with Gasteiger partial charge in [0.05, 0.1) is 12.6 Å². The van der Waals surface area contributed by atoms with Gasteiger partial charge in [0.25, 0.3) is 5.91 Å². The minimum atomic E-state index is -0.476. The molecular weight excluding hydrogens is 222 g/mol. The van der Waals surface area contributed by atoms with Gasteiger partial charge in [-0.2, -0.15) is 0 Å². The van der Waals surface area contributed by atoms with Gasteiger partial charge in [0.1, 0.15) is 17.1 Å². The van der Waals surface area contributed by atoms with Crippen LogP contribution in [0, 0.1) is 0 Å². The molecule has 1 unspecified atom stereocenters. The molecule has 92 valence electrons. The van der Waals surface area contributed by atoms with Crippen LogP contribution in [0.25, 0.3) is 0 Å². The first kappa shape index (κ1) is 11.7. The summed E-state index contributed by atoms with van der Waals surface area (Å²) < 4.78 is 5.24. The van der Waals surface area contributed by atoms with E-state index in [9.17, 15) is 15.0 Å². The summed E-state index contributed by atoms with van der Waals surface area (Å²) in [7, 11) is 0. The highest BCUT2D eigenvalue weighted by Crippen LogP contribution is 2.26. The van der Waals surface area contributed by atoms with Crippen molar-refractivity contribution >= 4 is 5.91 Å². The van der Waals surface area contributed by atoms with E-state index in [2.05, 4.69) is 5.32 Å². The first-order valence-corrected chi connectivity index (χ1v) is 5.58. The zero-order valence-electron chi connectivity index (χ0n) is 9.35. The van der Waals surface area contributed by atoms with Crippen molar-refractivity contribution in [2.45, 2.75) is 18.9 Å². The standard InChI is InChI=1S/C12H15NO4/c14-9-4-1-5-10(15)11(9)12(16)13-8-3-2-6-17-7-8/h1,4-5,8,14-15H,2-3,6-7H2,(H,13,16). The van der Waals surface area contributed by atoms with Crippen molar-refractivity contribution in [2.24, 2.45) is 0 Å². The topological polar surface area (TPSA) is 78.8 Å². The maximum absolute atomic E-state index is 11.9. The number of amides is 1. The van der Waals surface area contributed by atoms with E-state index >= 15 is 0 Å². The van der Waals surface area contributed by atoms with Crippen LogP contribution in [0.4, 0.5) is 0 Å². The van der Waals surface area contributed by atoms with Crippen molar-refractivity contribution in [2.75, 3.05) is 13.2 Å². The monoisotopic (exact) mass is 237 g/mol. The van der Waals surface area contributed by atoms with E-state index in [0.29, 0.717) is 13.2 Å². The van der Waals surface area contributed by atoms with Crippen molar-refractivity contribution in [3.63, 3.8) is 0 Å². The van der Waals surface area contributed by atoms with Gasteiger partial charge in [0.15, 0.2) is 0 Å². The Morgan fingerprint density at radius 3 is 2.65 bits per heavy atom. The van der Waals surface area contributed by atoms with Gasteiger partial charge < -0.3 is 20.3 Å². The summed E-state index contributed by atoms with van der Waals surface area (Å²) >= 11 is 0. The molecule has 0 radical (unpaired) electrons. The SMILES string of the molecule is O=C(NC1CCCOC1)c1c(O)cccc1O. The van der Waals surface area contributed by atoms with E-state index in [4.69, 9.17) is 4.74 Å². The van der Waals surface area contributed by atoms with Crippen molar-refractivity contribution in [1.82, 2.24) is 5.32 Å². The molecule has 0 aliphatic carbocycles. The number of ether oxygens (including phenoxy) is 1. The molecule has 1 atom stereocenters. The molecule has 1 saturated heterocycles. The normalized spacial score (nSPS) is 19.9. The van der Waals surface area contributed by atoms with E-state index in [1.807, 2.05) is 0 Å². The Morgan fingerprint density at radius 1 is 1.35 bits per heavy atom. The number of benzene rings is 1. The summed E-state index contributed by atoms with van der Waals surface area (Å²) in [6.07, 6.45) is 1.75. The van der Waals surface area contributed by atoms with Gasteiger partial charge in [-0.25, -0.2) is 0 Å². The highest BCUT2D eigenvalue weighted by Gasteiger charge is 2.21. The minimum Gasteiger partial charge on any atom is -0.507 e. The van der Waals surface area contributed by atoms with Crippen LogP contribution in [0.3, 0.4) is 0 Å². The van der Waals surface area contributed by atoms with Crippen LogP contribution in [0.5, 0.6) is 11.5 Å². The minimum absolute atomic E-state index is 0.0599. The summed E-state index contributed by atoms with van der Waals surface area (Å²) in [5.41, 5.74) is -0.0851. The fourth-order valence-corrected chi connectivity index (χ4v) is 1.87. The molecule has 1 fully saturated rings. The second-order valence-electron chi connectivity index (χ2n) is 4.06. The van der Waals surface area contributed by atoms with Crippen molar-refractivity contribution < 1.29 is 19.7 Å². The maximum atomic E-state index is 11.9. The van der Waals surface area contributed by atoms with E-state index < -0.39 is 5.91 Å². The zero-order valence-corrected chi connectivity index (χ0v) is 9.35. The summed E-state index contributed by atoms with van der Waals surface area (Å²) in [6, 6.07) is 4.15. The number of carbonyl (C=O) groups excluding carboxylic acids is 1. The Morgan fingerprint density at radius 2 is 2.06 bits per heavy atom. The van der Waals surface area contributed by atoms with Gasteiger partial charge in [-0.1, -0.05) is 6.07 Å². The van der Waals surface area contributed by atoms with Crippen LogP contribution in [0.2, 0.25) is 0 Å². The quantitative estimate of drug-likeness (QED) is 0.717. The van der Waals surface area contributed by atoms with Gasteiger partial charge in [-0.3, -0.25) is 4.79 Å². The summed E-state index contributed by atoms with van der Waals surface area (Å²) in [5.74, 6) is -0.922. The summed E-state index contributed by atoms with van der Waals surface area (Å²) in [5, 5.41) is 21.8. The Labute approximate surface area is 99.0 Å². The predicted octanol–water partition coefficient (Wildman–Crippen LogP) is 1.01. The van der Waals surface area contributed by atoms with E-state index in [1.165, 1.54) is 18.2 Å². The molecule has 5 heteroatoms. The van der Waals surface area contributed by atoms with E-state index in [0.717, 1.165) is 12.8 Å². The zero-order chi connectivity index (χ0) is 12.3. The number of hydrogen-bond donors (Lipinski definition) is 3. The molecule has 5 nitrogen and oxygen atoms in total. The van der Waals surface area contributed by atoms with Crippen LogP contribution < -0.4 is 5.32 Å². The number of carbonyl (C=O) groups is 1. The predicted molar refractivity (Wildman–Crippen MR) is 61.1 cm³/mol. The second kappa shape index (κ2) is 5.05. The third-order valence-corrected chi connectivity index (χ3v) is 2.74. The maximum Gasteiger partial charge on any atom is 0.259 e. The van der Waals surface area contributed by atoms with Crippen LogP contribution >= 0.6 is 0 Å². The lowest BCUT2D eigenvalue weighted by Gasteiger charge is -2.23. The first-order chi connectivity index (χ1) is 8.18. The molecule has 3 N–H and O–H groups in total. The third kappa shape index (κ3) is 2.68. The number of nitrogens with one attached hydrogen (secondary N) is 1. The van der Waals surface area contributed by atoms with Gasteiger partial charge in [0.2, 0.25) is 0 Å². The molecule has 0 spiro atoms. The Balaban J connectivity index is 2.08. The van der Waals surface area contributed by atoms with Crippen molar-refractivity contribution in [3.8, 4) is 11.5 Å². The van der Waals surface area contributed by atoms with Gasteiger partial charge in [-0.15, -0.1) is 0 Å². The molecule has 1 heterocycles. The average Bonchev–Trinajstić information content (AvgIpc) is 2.30. The largest absolute Gasteiger partial charge is 0.507 e. The van der Waals surface area contributed by atoms with Crippen LogP contribution in [-0.4, -0.2) is 35.4 Å². The average molecular weight is 237 g/mol. The number of hydrogen-bond acceptors (Lipinski definition) is 4. The molecule has 1 amide bonds. The fraction of sp³-hybridized carbons (Fsp3) is 0.417. The van der Waals surface area contributed by atoms with Crippen molar-refractivity contribution in [3.05, 3.63) is 23.8 Å². The number of rotatable bonds is 2. The smallest absolute Gasteiger partial charge is 0.259 e. The second-order valence-corrected chi connectivity index (χ2v) is 4.06. The molecule has 0 aromatic heterocycles. The molecule has 1 aromatic carbocycles. The molecule has 1 aliphatic heterocycles. The van der Waals surface area contributed by atoms with Crippen molar-refractivity contribution in [1.29, 1.82) is 0 Å². The number of phenolic OH excluding ortho intramolecular Hbond substituents is 2. The number of aromatic hydroxyl groups is 2. The molecule has 17 heavy (non-hydrogen) atoms. The molecule has 0 saturated carbocycles. The Hall–Kier alpha value is -1.75. The van der Waals surface area contributed by atoms with Crippen LogP contribution in [-0.2, 0) is 4.74 Å². The lowest BCUT2D eigenvalue weighted by molar-refractivity contribution is 0.0622. The van der Waals surface area contributed by atoms with Crippen LogP contribution in [0.15, 0.2) is 18.2 Å². The van der Waals surface area contributed by atoms with Gasteiger partial charge in [-0.05, 0) is 25.0 Å². The first-order valence-electron chi connectivity index (χ1n) is 5.58. The Kier molecular flexibility index (Phi) is 3.49. The van der Waals surface area contributed by atoms with E-state index in [-0.39, 0.29) is 23.1 Å². The molecular formula is C12H15NO4. The van der Waals surface area contributed by atoms with E-state index in [1.54, 1.807) is 0 Å². The highest BCUT2D eigenvalue weighted by molar-refractivity contribution is 5.99. The lowest BCUT2D eigenvalue weighted by atomic mass is 10.1. The summed E-state index contributed by atoms with van der Waals surface area (Å²) in [6.45, 7) is 1.19. The molecule has 2 rings (SSSR count). The molecule has 0 bridgehead atoms. The summed E-state index contributed by atoms with van der Waals surface area (Å²) in [4.78, 5) is 11.9. The Bertz CT molecular complexity index is 393. The molecule has 1 aromatic rings.